The highest BCUT2D eigenvalue weighted by atomic mass is 32.2. The number of nitrogens with zero attached hydrogens (tertiary/aromatic N) is 3. The molecule has 1 amide bonds. The van der Waals surface area contributed by atoms with Crippen molar-refractivity contribution in [2.75, 3.05) is 25.7 Å². The highest BCUT2D eigenvalue weighted by Crippen LogP contribution is 2.51. The monoisotopic (exact) mass is 503 g/mol. The van der Waals surface area contributed by atoms with E-state index < -0.39 is 0 Å². The van der Waals surface area contributed by atoms with Gasteiger partial charge in [-0.3, -0.25) is 9.69 Å². The predicted molar refractivity (Wildman–Crippen MR) is 144 cm³/mol. The second kappa shape index (κ2) is 10.1. The van der Waals surface area contributed by atoms with Gasteiger partial charge in [-0.05, 0) is 60.6 Å². The van der Waals surface area contributed by atoms with Gasteiger partial charge in [0.15, 0.2) is 5.17 Å². The predicted octanol–water partition coefficient (Wildman–Crippen LogP) is 6.27. The fraction of sp³-hybridized carbons (Fsp3) is 0.185. The summed E-state index contributed by atoms with van der Waals surface area (Å²) in [6.07, 6.45) is 0. The zero-order valence-corrected chi connectivity index (χ0v) is 21.4. The molecular formula is C27H25N3O3S2. The second-order valence-electron chi connectivity index (χ2n) is 7.89. The Hall–Kier alpha value is -3.36. The SMILES string of the molecule is CCN1C(=C2SC(=Nc3ccc(OC)cc3)N(Cc3ccccc3)C2=O)Sc2ccc(OC)cc21. The number of hydrogen-bond donors (Lipinski definition) is 0. The van der Waals surface area contributed by atoms with Crippen molar-refractivity contribution >= 4 is 46.0 Å². The third-order valence-electron chi connectivity index (χ3n) is 5.76. The lowest BCUT2D eigenvalue weighted by Gasteiger charge is -2.19. The average molecular weight is 504 g/mol. The molecule has 0 saturated carbocycles. The maximum atomic E-state index is 13.8. The lowest BCUT2D eigenvalue weighted by molar-refractivity contribution is -0.122. The summed E-state index contributed by atoms with van der Waals surface area (Å²) in [4.78, 5) is 24.4. The van der Waals surface area contributed by atoms with Crippen LogP contribution in [0.4, 0.5) is 11.4 Å². The van der Waals surface area contributed by atoms with Crippen LogP contribution >= 0.6 is 23.5 Å². The lowest BCUT2D eigenvalue weighted by Crippen LogP contribution is -2.29. The highest BCUT2D eigenvalue weighted by Gasteiger charge is 2.39. The van der Waals surface area contributed by atoms with Crippen molar-refractivity contribution in [2.45, 2.75) is 18.4 Å². The molecule has 0 unspecified atom stereocenters. The van der Waals surface area contributed by atoms with Gasteiger partial charge in [-0.1, -0.05) is 42.1 Å². The van der Waals surface area contributed by atoms with Crippen LogP contribution in [-0.4, -0.2) is 36.7 Å². The lowest BCUT2D eigenvalue weighted by atomic mass is 10.2. The Morgan fingerprint density at radius 2 is 1.57 bits per heavy atom. The molecule has 2 aliphatic rings. The summed E-state index contributed by atoms with van der Waals surface area (Å²) in [5, 5.41) is 1.60. The van der Waals surface area contributed by atoms with E-state index in [1.165, 1.54) is 11.8 Å². The van der Waals surface area contributed by atoms with Crippen LogP contribution in [-0.2, 0) is 11.3 Å². The minimum Gasteiger partial charge on any atom is -0.497 e. The van der Waals surface area contributed by atoms with Gasteiger partial charge in [0.25, 0.3) is 5.91 Å². The van der Waals surface area contributed by atoms with Gasteiger partial charge in [-0.2, -0.15) is 0 Å². The largest absolute Gasteiger partial charge is 0.497 e. The molecule has 3 aromatic rings. The molecule has 2 heterocycles. The Morgan fingerprint density at radius 1 is 0.857 bits per heavy atom. The van der Waals surface area contributed by atoms with Gasteiger partial charge < -0.3 is 14.4 Å². The average Bonchev–Trinajstić information content (AvgIpc) is 3.41. The van der Waals surface area contributed by atoms with Crippen LogP contribution in [0, 0.1) is 0 Å². The number of carbonyl (C=O) groups excluding carboxylic acids is 1. The number of benzene rings is 3. The molecule has 0 bridgehead atoms. The van der Waals surface area contributed by atoms with Gasteiger partial charge >= 0.3 is 0 Å². The maximum Gasteiger partial charge on any atom is 0.269 e. The molecule has 178 valence electrons. The zero-order chi connectivity index (χ0) is 24.4. The third kappa shape index (κ3) is 4.63. The number of fused-ring (bicyclic) bond motifs is 1. The van der Waals surface area contributed by atoms with E-state index in [2.05, 4.69) is 11.8 Å². The topological polar surface area (TPSA) is 54.4 Å². The molecule has 5 rings (SSSR count). The summed E-state index contributed by atoms with van der Waals surface area (Å²) in [6, 6.07) is 23.6. The second-order valence-corrected chi connectivity index (χ2v) is 9.89. The Labute approximate surface area is 213 Å². The van der Waals surface area contributed by atoms with E-state index >= 15 is 0 Å². The Morgan fingerprint density at radius 3 is 2.26 bits per heavy atom. The summed E-state index contributed by atoms with van der Waals surface area (Å²) in [6.45, 7) is 3.29. The smallest absolute Gasteiger partial charge is 0.269 e. The van der Waals surface area contributed by atoms with Crippen LogP contribution in [0.5, 0.6) is 11.5 Å². The normalized spacial score (nSPS) is 18.4. The molecule has 0 spiro atoms. The highest BCUT2D eigenvalue weighted by molar-refractivity contribution is 8.19. The van der Waals surface area contributed by atoms with E-state index in [1.807, 2.05) is 72.8 Å². The van der Waals surface area contributed by atoms with E-state index in [4.69, 9.17) is 14.5 Å². The first-order valence-electron chi connectivity index (χ1n) is 11.3. The number of carbonyl (C=O) groups is 1. The van der Waals surface area contributed by atoms with Crippen molar-refractivity contribution in [2.24, 2.45) is 4.99 Å². The molecule has 0 N–H and O–H groups in total. The summed E-state index contributed by atoms with van der Waals surface area (Å²) in [5.74, 6) is 1.53. The minimum absolute atomic E-state index is 0.0353. The molecule has 6 nitrogen and oxygen atoms in total. The van der Waals surface area contributed by atoms with Crippen LogP contribution in [0.2, 0.25) is 0 Å². The quantitative estimate of drug-likeness (QED) is 0.370. The first kappa shape index (κ1) is 23.4. The third-order valence-corrected chi connectivity index (χ3v) is 8.14. The molecule has 8 heteroatoms. The van der Waals surface area contributed by atoms with Crippen molar-refractivity contribution < 1.29 is 14.3 Å². The first-order chi connectivity index (χ1) is 17.1. The Balaban J connectivity index is 1.55. The zero-order valence-electron chi connectivity index (χ0n) is 19.7. The number of aliphatic imine (C=N–C) groups is 1. The summed E-state index contributed by atoms with van der Waals surface area (Å²) < 4.78 is 10.7. The van der Waals surface area contributed by atoms with E-state index in [-0.39, 0.29) is 5.91 Å². The summed E-state index contributed by atoms with van der Waals surface area (Å²) in [5.41, 5.74) is 2.88. The molecule has 0 atom stereocenters. The molecule has 0 aromatic heterocycles. The Kier molecular flexibility index (Phi) is 6.74. The number of ether oxygens (including phenoxy) is 2. The van der Waals surface area contributed by atoms with E-state index in [0.29, 0.717) is 16.6 Å². The van der Waals surface area contributed by atoms with Crippen molar-refractivity contribution in [3.63, 3.8) is 0 Å². The number of thioether (sulfide) groups is 2. The number of hydrogen-bond acceptors (Lipinski definition) is 7. The van der Waals surface area contributed by atoms with Crippen molar-refractivity contribution in [3.05, 3.63) is 88.3 Å². The van der Waals surface area contributed by atoms with Gasteiger partial charge in [-0.25, -0.2) is 4.99 Å². The van der Waals surface area contributed by atoms with Gasteiger partial charge in [0.1, 0.15) is 21.4 Å². The van der Waals surface area contributed by atoms with Crippen LogP contribution < -0.4 is 14.4 Å². The molecule has 35 heavy (non-hydrogen) atoms. The van der Waals surface area contributed by atoms with Crippen LogP contribution in [0.25, 0.3) is 0 Å². The number of amidine groups is 1. The van der Waals surface area contributed by atoms with E-state index in [1.54, 1.807) is 30.9 Å². The number of anilines is 1. The van der Waals surface area contributed by atoms with Gasteiger partial charge in [0.2, 0.25) is 0 Å². The molecule has 1 saturated heterocycles. The molecule has 0 aliphatic carbocycles. The Bertz CT molecular complexity index is 1310. The van der Waals surface area contributed by atoms with E-state index in [9.17, 15) is 4.79 Å². The van der Waals surface area contributed by atoms with Gasteiger partial charge in [0, 0.05) is 17.5 Å². The van der Waals surface area contributed by atoms with Crippen molar-refractivity contribution in [1.29, 1.82) is 0 Å². The first-order valence-corrected chi connectivity index (χ1v) is 12.9. The number of rotatable bonds is 6. The standard InChI is InChI=1S/C27H25N3O3S2/c1-4-29-22-16-21(33-3)14-15-23(22)34-26(29)24-25(31)30(17-18-8-6-5-7-9-18)27(35-24)28-19-10-12-20(32-2)13-11-19/h5-16H,4,17H2,1-3H3. The fourth-order valence-electron chi connectivity index (χ4n) is 3.96. The molecular weight excluding hydrogens is 478 g/mol. The van der Waals surface area contributed by atoms with E-state index in [0.717, 1.165) is 44.9 Å². The molecule has 3 aromatic carbocycles. The summed E-state index contributed by atoms with van der Waals surface area (Å²) >= 11 is 3.05. The van der Waals surface area contributed by atoms with Gasteiger partial charge in [0.05, 0.1) is 32.1 Å². The van der Waals surface area contributed by atoms with Crippen molar-refractivity contribution in [1.82, 2.24) is 4.90 Å². The number of methoxy groups -OCH3 is 2. The molecule has 1 fully saturated rings. The van der Waals surface area contributed by atoms with Crippen LogP contribution in [0.1, 0.15) is 12.5 Å². The molecule has 0 radical (unpaired) electrons. The number of amides is 1. The van der Waals surface area contributed by atoms with Crippen LogP contribution in [0.3, 0.4) is 0 Å². The van der Waals surface area contributed by atoms with Crippen LogP contribution in [0.15, 0.2) is 92.6 Å². The summed E-state index contributed by atoms with van der Waals surface area (Å²) in [7, 11) is 3.30. The molecule has 2 aliphatic heterocycles. The van der Waals surface area contributed by atoms with Crippen molar-refractivity contribution in [3.8, 4) is 11.5 Å². The minimum atomic E-state index is -0.0353. The maximum absolute atomic E-state index is 13.8. The van der Waals surface area contributed by atoms with Gasteiger partial charge in [-0.15, -0.1) is 0 Å². The fourth-order valence-corrected chi connectivity index (χ4v) is 6.34.